The van der Waals surface area contributed by atoms with Crippen LogP contribution in [0.2, 0.25) is 0 Å². The molecule has 0 bridgehead atoms. The van der Waals surface area contributed by atoms with Gasteiger partial charge in [0.2, 0.25) is 10.0 Å². The lowest BCUT2D eigenvalue weighted by molar-refractivity contribution is 0.389. The van der Waals surface area contributed by atoms with Gasteiger partial charge in [-0.05, 0) is 50.7 Å². The highest BCUT2D eigenvalue weighted by atomic mass is 32.2. The first-order valence-electron chi connectivity index (χ1n) is 7.47. The lowest BCUT2D eigenvalue weighted by Gasteiger charge is -2.23. The van der Waals surface area contributed by atoms with Gasteiger partial charge in [-0.15, -0.1) is 0 Å². The van der Waals surface area contributed by atoms with E-state index in [0.717, 1.165) is 25.1 Å². The molecule has 110 valence electrons. The summed E-state index contributed by atoms with van der Waals surface area (Å²) in [6.07, 6.45) is 4.37. The van der Waals surface area contributed by atoms with Crippen molar-refractivity contribution in [2.75, 3.05) is 18.4 Å². The smallest absolute Gasteiger partial charge is 0.245 e. The van der Waals surface area contributed by atoms with Crippen molar-refractivity contribution in [1.82, 2.24) is 4.31 Å². The van der Waals surface area contributed by atoms with E-state index in [1.165, 1.54) is 12.8 Å². The highest BCUT2D eigenvalue weighted by molar-refractivity contribution is 7.89. The van der Waals surface area contributed by atoms with E-state index in [9.17, 15) is 8.42 Å². The fraction of sp³-hybridized carbons (Fsp3) is 0.600. The van der Waals surface area contributed by atoms with E-state index in [1.807, 2.05) is 19.1 Å². The minimum atomic E-state index is -3.37. The number of anilines is 1. The maximum absolute atomic E-state index is 13.0. The molecule has 0 aromatic heterocycles. The zero-order valence-electron chi connectivity index (χ0n) is 11.9. The monoisotopic (exact) mass is 294 g/mol. The molecule has 2 fully saturated rings. The van der Waals surface area contributed by atoms with Gasteiger partial charge in [0.05, 0.1) is 5.69 Å². The number of para-hydroxylation sites is 1. The average Bonchev–Trinajstić information content (AvgIpc) is 3.29. The van der Waals surface area contributed by atoms with E-state index in [0.29, 0.717) is 17.4 Å². The predicted molar refractivity (Wildman–Crippen MR) is 80.2 cm³/mol. The van der Waals surface area contributed by atoms with Gasteiger partial charge in [-0.1, -0.05) is 12.1 Å². The van der Waals surface area contributed by atoms with Crippen molar-refractivity contribution in [2.24, 2.45) is 5.92 Å². The van der Waals surface area contributed by atoms with Gasteiger partial charge < -0.3 is 5.32 Å². The van der Waals surface area contributed by atoms with Crippen molar-refractivity contribution < 1.29 is 8.42 Å². The topological polar surface area (TPSA) is 49.4 Å². The second-order valence-electron chi connectivity index (χ2n) is 5.78. The Morgan fingerprint density at radius 1 is 1.20 bits per heavy atom. The van der Waals surface area contributed by atoms with Gasteiger partial charge in [-0.2, -0.15) is 4.31 Å². The SMILES string of the molecule is CCNc1ccccc1S(=O)(=O)N(CC1CC1)C1CC1. The Balaban J connectivity index is 1.92. The van der Waals surface area contributed by atoms with Crippen LogP contribution in [0.25, 0.3) is 0 Å². The quantitative estimate of drug-likeness (QED) is 0.841. The van der Waals surface area contributed by atoms with Crippen LogP contribution in [-0.2, 0) is 10.0 Å². The summed E-state index contributed by atoms with van der Waals surface area (Å²) >= 11 is 0. The molecule has 2 aliphatic rings. The summed E-state index contributed by atoms with van der Waals surface area (Å²) in [5.74, 6) is 0.580. The van der Waals surface area contributed by atoms with Crippen molar-refractivity contribution in [3.63, 3.8) is 0 Å². The zero-order valence-corrected chi connectivity index (χ0v) is 12.7. The summed E-state index contributed by atoms with van der Waals surface area (Å²) < 4.78 is 27.7. The lowest BCUT2D eigenvalue weighted by atomic mass is 10.3. The van der Waals surface area contributed by atoms with Crippen LogP contribution < -0.4 is 5.32 Å². The summed E-state index contributed by atoms with van der Waals surface area (Å²) in [7, 11) is -3.37. The van der Waals surface area contributed by atoms with Crippen molar-refractivity contribution >= 4 is 15.7 Å². The average molecular weight is 294 g/mol. The van der Waals surface area contributed by atoms with Gasteiger partial charge in [0.1, 0.15) is 4.90 Å². The second-order valence-corrected chi connectivity index (χ2v) is 7.63. The molecule has 0 heterocycles. The number of nitrogens with one attached hydrogen (secondary N) is 1. The van der Waals surface area contributed by atoms with Crippen LogP contribution in [0.3, 0.4) is 0 Å². The molecule has 20 heavy (non-hydrogen) atoms. The van der Waals surface area contributed by atoms with Gasteiger partial charge in [-0.3, -0.25) is 0 Å². The first kappa shape index (κ1) is 13.9. The molecule has 1 N–H and O–H groups in total. The summed E-state index contributed by atoms with van der Waals surface area (Å²) in [5, 5.41) is 3.16. The molecule has 0 saturated heterocycles. The van der Waals surface area contributed by atoms with Crippen molar-refractivity contribution in [3.05, 3.63) is 24.3 Å². The molecule has 0 aliphatic heterocycles. The highest BCUT2D eigenvalue weighted by Crippen LogP contribution is 2.39. The van der Waals surface area contributed by atoms with Crippen LogP contribution in [0.4, 0.5) is 5.69 Å². The Morgan fingerprint density at radius 3 is 2.50 bits per heavy atom. The Hall–Kier alpha value is -1.07. The molecule has 5 heteroatoms. The van der Waals surface area contributed by atoms with Crippen LogP contribution in [0.5, 0.6) is 0 Å². The summed E-state index contributed by atoms with van der Waals surface area (Å²) in [6.45, 7) is 3.40. The molecule has 1 aromatic rings. The van der Waals surface area contributed by atoms with Crippen LogP contribution in [-0.4, -0.2) is 31.9 Å². The zero-order chi connectivity index (χ0) is 14.2. The molecule has 3 rings (SSSR count). The van der Waals surface area contributed by atoms with Gasteiger partial charge in [-0.25, -0.2) is 8.42 Å². The third-order valence-electron chi connectivity index (χ3n) is 3.93. The van der Waals surface area contributed by atoms with Crippen molar-refractivity contribution in [2.45, 2.75) is 43.5 Å². The maximum Gasteiger partial charge on any atom is 0.245 e. The largest absolute Gasteiger partial charge is 0.384 e. The van der Waals surface area contributed by atoms with Crippen molar-refractivity contribution in [3.8, 4) is 0 Å². The summed E-state index contributed by atoms with van der Waals surface area (Å²) in [4.78, 5) is 0.425. The molecule has 1 aromatic carbocycles. The predicted octanol–water partition coefficient (Wildman–Crippen LogP) is 2.68. The fourth-order valence-electron chi connectivity index (χ4n) is 2.52. The molecule has 0 amide bonds. The number of hydrogen-bond acceptors (Lipinski definition) is 3. The third kappa shape index (κ3) is 2.83. The minimum Gasteiger partial charge on any atom is -0.384 e. The molecule has 0 atom stereocenters. The molecule has 4 nitrogen and oxygen atoms in total. The van der Waals surface area contributed by atoms with E-state index in [1.54, 1.807) is 16.4 Å². The number of benzene rings is 1. The Morgan fingerprint density at radius 2 is 1.90 bits per heavy atom. The third-order valence-corrected chi connectivity index (χ3v) is 5.91. The van der Waals surface area contributed by atoms with Gasteiger partial charge in [0.15, 0.2) is 0 Å². The van der Waals surface area contributed by atoms with E-state index in [-0.39, 0.29) is 6.04 Å². The number of rotatable bonds is 7. The first-order valence-corrected chi connectivity index (χ1v) is 8.91. The minimum absolute atomic E-state index is 0.232. The summed E-state index contributed by atoms with van der Waals surface area (Å²) in [6, 6.07) is 7.47. The summed E-state index contributed by atoms with van der Waals surface area (Å²) in [5.41, 5.74) is 0.719. The van der Waals surface area contributed by atoms with Crippen molar-refractivity contribution in [1.29, 1.82) is 0 Å². The Kier molecular flexibility index (Phi) is 3.73. The Labute approximate surface area is 121 Å². The molecule has 2 aliphatic carbocycles. The van der Waals surface area contributed by atoms with E-state index < -0.39 is 10.0 Å². The molecule has 2 saturated carbocycles. The van der Waals surface area contributed by atoms with E-state index in [2.05, 4.69) is 5.32 Å². The molecular weight excluding hydrogens is 272 g/mol. The van der Waals surface area contributed by atoms with Crippen LogP contribution in [0.1, 0.15) is 32.6 Å². The number of sulfonamides is 1. The van der Waals surface area contributed by atoms with Gasteiger partial charge in [0.25, 0.3) is 0 Å². The van der Waals surface area contributed by atoms with Gasteiger partial charge >= 0.3 is 0 Å². The molecular formula is C15H22N2O2S. The van der Waals surface area contributed by atoms with Gasteiger partial charge in [0, 0.05) is 19.1 Å². The first-order chi connectivity index (χ1) is 9.63. The fourth-order valence-corrected chi connectivity index (χ4v) is 4.45. The number of nitrogens with zero attached hydrogens (tertiary/aromatic N) is 1. The maximum atomic E-state index is 13.0. The molecule has 0 unspecified atom stereocenters. The number of hydrogen-bond donors (Lipinski definition) is 1. The second kappa shape index (κ2) is 5.37. The van der Waals surface area contributed by atoms with Crippen LogP contribution in [0.15, 0.2) is 29.2 Å². The molecule has 0 spiro atoms. The van der Waals surface area contributed by atoms with Crippen LogP contribution in [0, 0.1) is 5.92 Å². The Bertz CT molecular complexity index is 577. The van der Waals surface area contributed by atoms with E-state index in [4.69, 9.17) is 0 Å². The lowest BCUT2D eigenvalue weighted by Crippen LogP contribution is -2.35. The normalized spacial score (nSPS) is 19.3. The highest BCUT2D eigenvalue weighted by Gasteiger charge is 2.41. The van der Waals surface area contributed by atoms with E-state index >= 15 is 0 Å². The van der Waals surface area contributed by atoms with Crippen LogP contribution >= 0.6 is 0 Å². The standard InChI is InChI=1S/C15H22N2O2S/c1-2-16-14-5-3-4-6-15(14)20(18,19)17(13-9-10-13)11-12-7-8-12/h3-6,12-13,16H,2,7-11H2,1H3. The molecule has 0 radical (unpaired) electrons.